The molecule has 0 aliphatic rings. The minimum atomic E-state index is 0.270. The molecule has 1 unspecified atom stereocenters. The standard InChI is InChI=1S/C11H17N5O/c1-8(10-6-16(3)15-9(10)2)12-5-4-11-13-7-14-17-11/h6-8,12H,4-5H2,1-3H3. The van der Waals surface area contributed by atoms with Gasteiger partial charge in [-0.1, -0.05) is 5.16 Å². The van der Waals surface area contributed by atoms with Gasteiger partial charge in [-0.05, 0) is 13.8 Å². The summed E-state index contributed by atoms with van der Waals surface area (Å²) < 4.78 is 6.77. The van der Waals surface area contributed by atoms with E-state index in [1.54, 1.807) is 0 Å². The summed E-state index contributed by atoms with van der Waals surface area (Å²) in [6.45, 7) is 4.95. The highest BCUT2D eigenvalue weighted by atomic mass is 16.5. The van der Waals surface area contributed by atoms with Crippen molar-refractivity contribution >= 4 is 0 Å². The number of hydrogen-bond acceptors (Lipinski definition) is 5. The van der Waals surface area contributed by atoms with Gasteiger partial charge in [0.25, 0.3) is 0 Å². The van der Waals surface area contributed by atoms with E-state index in [0.717, 1.165) is 18.7 Å². The van der Waals surface area contributed by atoms with Crippen molar-refractivity contribution in [3.8, 4) is 0 Å². The van der Waals surface area contributed by atoms with Crippen LogP contribution in [0.25, 0.3) is 0 Å². The molecule has 0 fully saturated rings. The Hall–Kier alpha value is -1.69. The van der Waals surface area contributed by atoms with Gasteiger partial charge in [0, 0.05) is 37.8 Å². The predicted molar refractivity (Wildman–Crippen MR) is 62.4 cm³/mol. The van der Waals surface area contributed by atoms with Crippen LogP contribution in [0.2, 0.25) is 0 Å². The van der Waals surface area contributed by atoms with Crippen molar-refractivity contribution in [3.05, 3.63) is 29.7 Å². The average molecular weight is 235 g/mol. The van der Waals surface area contributed by atoms with Gasteiger partial charge in [-0.3, -0.25) is 4.68 Å². The fraction of sp³-hybridized carbons (Fsp3) is 0.545. The molecule has 0 bridgehead atoms. The second-order valence-corrected chi connectivity index (χ2v) is 4.10. The van der Waals surface area contributed by atoms with Crippen LogP contribution < -0.4 is 5.32 Å². The van der Waals surface area contributed by atoms with Gasteiger partial charge in [0.1, 0.15) is 0 Å². The normalized spacial score (nSPS) is 12.9. The van der Waals surface area contributed by atoms with E-state index in [4.69, 9.17) is 4.52 Å². The zero-order valence-corrected chi connectivity index (χ0v) is 10.3. The van der Waals surface area contributed by atoms with Gasteiger partial charge in [0.05, 0.1) is 5.69 Å². The Balaban J connectivity index is 1.85. The highest BCUT2D eigenvalue weighted by Crippen LogP contribution is 2.15. The maximum Gasteiger partial charge on any atom is 0.227 e. The Morgan fingerprint density at radius 1 is 1.53 bits per heavy atom. The van der Waals surface area contributed by atoms with Crippen LogP contribution in [-0.4, -0.2) is 26.5 Å². The third-order valence-electron chi connectivity index (χ3n) is 2.71. The summed E-state index contributed by atoms with van der Waals surface area (Å²) in [5, 5.41) is 11.3. The lowest BCUT2D eigenvalue weighted by molar-refractivity contribution is 0.372. The van der Waals surface area contributed by atoms with E-state index >= 15 is 0 Å². The van der Waals surface area contributed by atoms with Gasteiger partial charge >= 0.3 is 0 Å². The van der Waals surface area contributed by atoms with Crippen molar-refractivity contribution in [3.63, 3.8) is 0 Å². The lowest BCUT2D eigenvalue weighted by atomic mass is 10.1. The first kappa shape index (κ1) is 11.8. The van der Waals surface area contributed by atoms with Crippen molar-refractivity contribution in [1.82, 2.24) is 25.2 Å². The van der Waals surface area contributed by atoms with E-state index in [1.165, 1.54) is 11.9 Å². The molecule has 2 heterocycles. The van der Waals surface area contributed by atoms with Crippen LogP contribution in [0.3, 0.4) is 0 Å². The number of aryl methyl sites for hydroxylation is 2. The zero-order valence-electron chi connectivity index (χ0n) is 10.3. The summed E-state index contributed by atoms with van der Waals surface area (Å²) in [4.78, 5) is 3.97. The molecule has 0 aromatic carbocycles. The molecule has 92 valence electrons. The van der Waals surface area contributed by atoms with Crippen LogP contribution in [0.15, 0.2) is 17.0 Å². The first-order chi connectivity index (χ1) is 8.16. The Bertz CT molecular complexity index is 462. The van der Waals surface area contributed by atoms with Crippen LogP contribution in [0.4, 0.5) is 0 Å². The molecule has 2 aromatic heterocycles. The Kier molecular flexibility index (Phi) is 3.53. The third kappa shape index (κ3) is 2.91. The van der Waals surface area contributed by atoms with Gasteiger partial charge in [0.15, 0.2) is 6.33 Å². The molecule has 0 spiro atoms. The first-order valence-corrected chi connectivity index (χ1v) is 5.66. The van der Waals surface area contributed by atoms with Crippen molar-refractivity contribution in [1.29, 1.82) is 0 Å². The molecule has 0 radical (unpaired) electrons. The molecule has 0 aliphatic heterocycles. The Morgan fingerprint density at radius 3 is 2.94 bits per heavy atom. The molecule has 0 aliphatic carbocycles. The van der Waals surface area contributed by atoms with E-state index in [2.05, 4.69) is 27.5 Å². The quantitative estimate of drug-likeness (QED) is 0.837. The molecule has 0 saturated carbocycles. The molecular formula is C11H17N5O. The van der Waals surface area contributed by atoms with Gasteiger partial charge in [0.2, 0.25) is 5.89 Å². The van der Waals surface area contributed by atoms with Crippen molar-refractivity contribution in [2.24, 2.45) is 7.05 Å². The fourth-order valence-electron chi connectivity index (χ4n) is 1.85. The summed E-state index contributed by atoms with van der Waals surface area (Å²) in [7, 11) is 1.93. The van der Waals surface area contributed by atoms with Crippen LogP contribution in [0.5, 0.6) is 0 Å². The number of nitrogens with one attached hydrogen (secondary N) is 1. The topological polar surface area (TPSA) is 68.8 Å². The predicted octanol–water partition coefficient (Wildman–Crippen LogP) is 1.00. The molecule has 6 heteroatoms. The summed E-state index contributed by atoms with van der Waals surface area (Å²) in [6, 6.07) is 0.270. The molecule has 0 saturated heterocycles. The Labute approximate surface area is 100 Å². The van der Waals surface area contributed by atoms with Crippen molar-refractivity contribution in [2.75, 3.05) is 6.54 Å². The van der Waals surface area contributed by atoms with Crippen LogP contribution in [0, 0.1) is 6.92 Å². The number of rotatable bonds is 5. The lowest BCUT2D eigenvalue weighted by Gasteiger charge is -2.11. The van der Waals surface area contributed by atoms with Gasteiger partial charge < -0.3 is 9.84 Å². The molecule has 1 atom stereocenters. The van der Waals surface area contributed by atoms with Crippen LogP contribution in [0.1, 0.15) is 30.1 Å². The van der Waals surface area contributed by atoms with E-state index in [-0.39, 0.29) is 6.04 Å². The summed E-state index contributed by atoms with van der Waals surface area (Å²) in [5.74, 6) is 0.660. The molecule has 0 amide bonds. The van der Waals surface area contributed by atoms with E-state index in [0.29, 0.717) is 5.89 Å². The van der Waals surface area contributed by atoms with Gasteiger partial charge in [-0.15, -0.1) is 0 Å². The summed E-state index contributed by atoms with van der Waals surface area (Å²) >= 11 is 0. The monoisotopic (exact) mass is 235 g/mol. The number of aromatic nitrogens is 4. The molecule has 17 heavy (non-hydrogen) atoms. The minimum Gasteiger partial charge on any atom is -0.340 e. The van der Waals surface area contributed by atoms with Crippen LogP contribution in [-0.2, 0) is 13.5 Å². The summed E-state index contributed by atoms with van der Waals surface area (Å²) in [6.07, 6.45) is 4.20. The number of nitrogens with zero attached hydrogens (tertiary/aromatic N) is 4. The van der Waals surface area contributed by atoms with Crippen molar-refractivity contribution < 1.29 is 4.52 Å². The summed E-state index contributed by atoms with van der Waals surface area (Å²) in [5.41, 5.74) is 2.28. The minimum absolute atomic E-state index is 0.270. The smallest absolute Gasteiger partial charge is 0.227 e. The van der Waals surface area contributed by atoms with Crippen molar-refractivity contribution in [2.45, 2.75) is 26.3 Å². The SMILES string of the molecule is Cc1nn(C)cc1C(C)NCCc1ncno1. The number of hydrogen-bond donors (Lipinski definition) is 1. The largest absolute Gasteiger partial charge is 0.340 e. The lowest BCUT2D eigenvalue weighted by Crippen LogP contribution is -2.21. The van der Waals surface area contributed by atoms with E-state index < -0.39 is 0 Å². The highest BCUT2D eigenvalue weighted by Gasteiger charge is 2.11. The third-order valence-corrected chi connectivity index (χ3v) is 2.71. The highest BCUT2D eigenvalue weighted by molar-refractivity contribution is 5.19. The fourth-order valence-corrected chi connectivity index (χ4v) is 1.85. The van der Waals surface area contributed by atoms with Crippen LogP contribution >= 0.6 is 0 Å². The Morgan fingerprint density at radius 2 is 2.35 bits per heavy atom. The average Bonchev–Trinajstić information content (AvgIpc) is 2.88. The second kappa shape index (κ2) is 5.09. The molecule has 6 nitrogen and oxygen atoms in total. The van der Waals surface area contributed by atoms with Gasteiger partial charge in [-0.25, -0.2) is 0 Å². The molecule has 1 N–H and O–H groups in total. The molecule has 2 aromatic rings. The van der Waals surface area contributed by atoms with E-state index in [1.807, 2.05) is 24.9 Å². The molecule has 2 rings (SSSR count). The zero-order chi connectivity index (χ0) is 12.3. The first-order valence-electron chi connectivity index (χ1n) is 5.66. The van der Waals surface area contributed by atoms with Gasteiger partial charge in [-0.2, -0.15) is 10.1 Å². The molecular weight excluding hydrogens is 218 g/mol. The van der Waals surface area contributed by atoms with E-state index in [9.17, 15) is 0 Å². The maximum absolute atomic E-state index is 4.93. The second-order valence-electron chi connectivity index (χ2n) is 4.10. The maximum atomic E-state index is 4.93.